The summed E-state index contributed by atoms with van der Waals surface area (Å²) in [5, 5.41) is 12.5. The van der Waals surface area contributed by atoms with Gasteiger partial charge in [-0.25, -0.2) is 10.8 Å². The first kappa shape index (κ1) is 12.1. The summed E-state index contributed by atoms with van der Waals surface area (Å²) in [6.45, 7) is -2.63. The molecule has 1 amide bonds. The molecule has 8 heteroatoms. The van der Waals surface area contributed by atoms with Crippen LogP contribution in [0.4, 0.5) is 11.8 Å². The molecule has 0 aliphatic carbocycles. The summed E-state index contributed by atoms with van der Waals surface area (Å²) in [6, 6.07) is 7.19. The van der Waals surface area contributed by atoms with Gasteiger partial charge in [0, 0.05) is 6.20 Å². The zero-order chi connectivity index (χ0) is 17.0. The lowest BCUT2D eigenvalue weighted by Gasteiger charge is -2.19. The molecule has 1 atom stereocenters. The van der Waals surface area contributed by atoms with E-state index in [4.69, 9.17) is 14.3 Å². The Morgan fingerprint density at radius 3 is 2.76 bits per heavy atom. The predicted octanol–water partition coefficient (Wildman–Crippen LogP) is -0.192. The van der Waals surface area contributed by atoms with Crippen LogP contribution in [0.25, 0.3) is 0 Å². The van der Waals surface area contributed by atoms with Crippen LogP contribution in [0.15, 0.2) is 36.5 Å². The highest BCUT2D eigenvalue weighted by Crippen LogP contribution is 2.21. The first-order chi connectivity index (χ1) is 10.8. The molecule has 8 nitrogen and oxygen atoms in total. The molecule has 0 aliphatic heterocycles. The van der Waals surface area contributed by atoms with Crippen LogP contribution >= 0.6 is 0 Å². The number of hydrogen-bond donors (Lipinski definition) is 5. The number of nitrogens with zero attached hydrogens (tertiary/aromatic N) is 2. The highest BCUT2D eigenvalue weighted by Gasteiger charge is 2.17. The number of hydrazine groups is 1. The lowest BCUT2D eigenvalue weighted by atomic mass is 10.1. The van der Waals surface area contributed by atoms with Crippen molar-refractivity contribution in [1.82, 2.24) is 15.4 Å². The van der Waals surface area contributed by atoms with Gasteiger partial charge in [-0.05, 0) is 5.56 Å². The van der Waals surface area contributed by atoms with Gasteiger partial charge < -0.3 is 16.2 Å². The smallest absolute Gasteiger partial charge is 0.270 e. The predicted molar refractivity (Wildman–Crippen MR) is 78.0 cm³/mol. The zero-order valence-corrected chi connectivity index (χ0v) is 10.9. The van der Waals surface area contributed by atoms with Crippen LogP contribution in [-0.4, -0.2) is 27.5 Å². The second-order valence-electron chi connectivity index (χ2n) is 4.08. The zero-order valence-electron chi connectivity index (χ0n) is 12.9. The average Bonchev–Trinajstić information content (AvgIpc) is 2.51. The van der Waals surface area contributed by atoms with Crippen molar-refractivity contribution in [3.63, 3.8) is 0 Å². The molecule has 0 saturated heterocycles. The van der Waals surface area contributed by atoms with Crippen LogP contribution in [0.2, 0.25) is 0 Å². The summed E-state index contributed by atoms with van der Waals surface area (Å²) >= 11 is 0. The maximum Gasteiger partial charge on any atom is 0.270 e. The number of benzene rings is 1. The maximum atomic E-state index is 11.8. The van der Waals surface area contributed by atoms with Crippen LogP contribution in [0.5, 0.6) is 0 Å². The maximum absolute atomic E-state index is 11.8. The summed E-state index contributed by atoms with van der Waals surface area (Å²) in [5.41, 5.74) is 7.87. The summed E-state index contributed by atoms with van der Waals surface area (Å²) in [5.74, 6) is 4.25. The van der Waals surface area contributed by atoms with Gasteiger partial charge in [0.25, 0.3) is 5.91 Å². The molecule has 1 heterocycles. The van der Waals surface area contributed by atoms with Crippen molar-refractivity contribution in [2.75, 3.05) is 17.6 Å². The van der Waals surface area contributed by atoms with Crippen LogP contribution in [-0.2, 0) is 0 Å². The van der Waals surface area contributed by atoms with E-state index >= 15 is 0 Å². The Morgan fingerprint density at radius 2 is 2.14 bits per heavy atom. The monoisotopic (exact) mass is 290 g/mol. The molecule has 0 saturated carbocycles. The molecule has 0 bridgehead atoms. The minimum atomic E-state index is -2.63. The van der Waals surface area contributed by atoms with Crippen LogP contribution < -0.4 is 22.3 Å². The number of anilines is 2. The largest absolute Gasteiger partial charge is 0.394 e. The fourth-order valence-corrected chi connectivity index (χ4v) is 1.72. The molecule has 0 fully saturated rings. The van der Waals surface area contributed by atoms with E-state index in [9.17, 15) is 9.90 Å². The second-order valence-corrected chi connectivity index (χ2v) is 4.08. The minimum absolute atomic E-state index is 0.0353. The molecule has 21 heavy (non-hydrogen) atoms. The summed E-state index contributed by atoms with van der Waals surface area (Å²) in [6.07, 6.45) is 1.15. The first-order valence-corrected chi connectivity index (χ1v) is 6.00. The number of aliphatic hydroxyl groups is 1. The molecule has 0 spiro atoms. The number of carbonyl (C=O) groups excluding carboxylic acids is 1. The molecular formula is C13H16N6O2. The Morgan fingerprint density at radius 1 is 1.43 bits per heavy atom. The van der Waals surface area contributed by atoms with Gasteiger partial charge in [0.15, 0.2) is 0 Å². The summed E-state index contributed by atoms with van der Waals surface area (Å²) in [4.78, 5) is 19.3. The van der Waals surface area contributed by atoms with Gasteiger partial charge in [0.2, 0.25) is 5.95 Å². The van der Waals surface area contributed by atoms with E-state index in [0.29, 0.717) is 5.56 Å². The average molecular weight is 290 g/mol. The Hall–Kier alpha value is -2.71. The number of carbonyl (C=O) groups is 1. The van der Waals surface area contributed by atoms with E-state index in [2.05, 4.69) is 15.3 Å². The van der Waals surface area contributed by atoms with E-state index in [0.717, 1.165) is 6.20 Å². The molecule has 0 unspecified atom stereocenters. The first-order valence-electron chi connectivity index (χ1n) is 7.00. The Kier molecular flexibility index (Phi) is 3.81. The van der Waals surface area contributed by atoms with E-state index in [1.807, 2.05) is 5.43 Å². The topological polar surface area (TPSA) is 139 Å². The number of nitrogen functional groups attached to an aromatic ring is 2. The van der Waals surface area contributed by atoms with E-state index in [-0.39, 0.29) is 17.3 Å². The molecule has 0 aliphatic rings. The fourth-order valence-electron chi connectivity index (χ4n) is 1.72. The van der Waals surface area contributed by atoms with Gasteiger partial charge in [0.05, 0.1) is 15.3 Å². The van der Waals surface area contributed by atoms with Crippen LogP contribution in [0, 0.1) is 0 Å². The number of nitrogens with two attached hydrogens (primary N) is 2. The Balaban J connectivity index is 2.45. The van der Waals surface area contributed by atoms with Crippen molar-refractivity contribution in [3.05, 3.63) is 47.7 Å². The lowest BCUT2D eigenvalue weighted by molar-refractivity contribution is 0.0953. The molecule has 1 aromatic heterocycles. The molecule has 7 N–H and O–H groups in total. The third-order valence-electron chi connectivity index (χ3n) is 2.73. The lowest BCUT2D eigenvalue weighted by Crippen LogP contribution is -2.31. The van der Waals surface area contributed by atoms with E-state index in [1.165, 1.54) is 0 Å². The van der Waals surface area contributed by atoms with Crippen molar-refractivity contribution >= 4 is 17.7 Å². The van der Waals surface area contributed by atoms with Gasteiger partial charge >= 0.3 is 0 Å². The highest BCUT2D eigenvalue weighted by molar-refractivity contribution is 5.98. The van der Waals surface area contributed by atoms with Gasteiger partial charge in [0.1, 0.15) is 11.4 Å². The van der Waals surface area contributed by atoms with Crippen molar-refractivity contribution < 1.29 is 12.6 Å². The van der Waals surface area contributed by atoms with Crippen molar-refractivity contribution in [1.29, 1.82) is 0 Å². The number of aromatic nitrogens is 2. The Bertz CT molecular complexity index is 693. The Labute approximate surface area is 124 Å². The van der Waals surface area contributed by atoms with Crippen molar-refractivity contribution in [2.45, 2.75) is 6.04 Å². The third kappa shape index (κ3) is 3.44. The fraction of sp³-hybridized carbons (Fsp3) is 0.154. The normalized spacial score (nSPS) is 13.8. The molecule has 2 aromatic rings. The molecule has 2 rings (SSSR count). The summed E-state index contributed by atoms with van der Waals surface area (Å²) in [7, 11) is 0. The van der Waals surface area contributed by atoms with Crippen molar-refractivity contribution in [3.8, 4) is 0 Å². The second kappa shape index (κ2) is 6.64. The van der Waals surface area contributed by atoms with Gasteiger partial charge in [-0.15, -0.1) is 0 Å². The molecular weight excluding hydrogens is 272 g/mol. The third-order valence-corrected chi connectivity index (χ3v) is 2.73. The molecule has 1 aromatic carbocycles. The van der Waals surface area contributed by atoms with Crippen molar-refractivity contribution in [2.24, 2.45) is 5.84 Å². The van der Waals surface area contributed by atoms with Gasteiger partial charge in [-0.2, -0.15) is 4.98 Å². The van der Waals surface area contributed by atoms with E-state index < -0.39 is 18.5 Å². The number of rotatable bonds is 5. The highest BCUT2D eigenvalue weighted by atomic mass is 16.3. The summed E-state index contributed by atoms with van der Waals surface area (Å²) < 4.78 is 15.2. The number of hydrogen-bond acceptors (Lipinski definition) is 7. The van der Waals surface area contributed by atoms with Crippen LogP contribution in [0.1, 0.15) is 24.7 Å². The number of amides is 1. The molecule has 110 valence electrons. The van der Waals surface area contributed by atoms with E-state index in [1.54, 1.807) is 30.3 Å². The van der Waals surface area contributed by atoms with Crippen LogP contribution in [0.3, 0.4) is 0 Å². The number of nitrogens with one attached hydrogen (secondary N) is 2. The quantitative estimate of drug-likeness (QED) is 0.292. The SMILES string of the molecule is [2H]C([2H])(O)[C@@H](Nc1nc(N)ncc1C(=O)NN)c1ccccc1. The standard InChI is InChI=1S/C13H16N6O2/c14-13-16-6-9(12(21)19-15)11(18-13)17-10(7-20)8-4-2-1-3-5-8/h1-6,10,20H,7,15H2,(H,19,21)(H3,14,16,17,18)/t10-/m1/s1/i7D2. The minimum Gasteiger partial charge on any atom is -0.394 e. The van der Waals surface area contributed by atoms with Gasteiger partial charge in [-0.3, -0.25) is 10.2 Å². The van der Waals surface area contributed by atoms with Gasteiger partial charge in [-0.1, -0.05) is 30.3 Å². The molecule has 0 radical (unpaired) electrons.